The number of hydrogen-bond acceptors (Lipinski definition) is 5. The van der Waals surface area contributed by atoms with Gasteiger partial charge in [0.25, 0.3) is 11.9 Å². The molecule has 0 radical (unpaired) electrons. The highest BCUT2D eigenvalue weighted by Gasteiger charge is 2.17. The van der Waals surface area contributed by atoms with Gasteiger partial charge in [-0.25, -0.2) is 9.31 Å². The summed E-state index contributed by atoms with van der Waals surface area (Å²) in [6.07, 6.45) is 0. The van der Waals surface area contributed by atoms with Crippen LogP contribution in [0, 0.1) is 13.8 Å². The van der Waals surface area contributed by atoms with Gasteiger partial charge in [-0.2, -0.15) is 4.98 Å². The number of urea groups is 1. The SMILES string of the molecule is CCNC(=O)Nc1nc2cc(-c3cc(C)c(OC)c(C)c3)cc(C(=O)NCC)n2n1. The summed E-state index contributed by atoms with van der Waals surface area (Å²) in [7, 11) is 1.65. The zero-order chi connectivity index (χ0) is 21.8. The minimum Gasteiger partial charge on any atom is -0.496 e. The standard InChI is InChI=1S/C21H26N6O3/c1-6-22-19(28)16-10-15(14-8-12(3)18(30-5)13(4)9-14)11-17-24-20(26-27(16)17)25-21(29)23-7-2/h8-11H,6-7H2,1-5H3,(H,22,28)(H2,23,25,26,29). The van der Waals surface area contributed by atoms with Crippen molar-refractivity contribution in [3.05, 3.63) is 41.1 Å². The lowest BCUT2D eigenvalue weighted by molar-refractivity contribution is 0.0948. The zero-order valence-corrected chi connectivity index (χ0v) is 17.8. The van der Waals surface area contributed by atoms with Gasteiger partial charge in [0.2, 0.25) is 0 Å². The molecule has 30 heavy (non-hydrogen) atoms. The van der Waals surface area contributed by atoms with Crippen molar-refractivity contribution in [2.24, 2.45) is 0 Å². The molecule has 0 unspecified atom stereocenters. The van der Waals surface area contributed by atoms with Crippen molar-refractivity contribution in [3.8, 4) is 16.9 Å². The van der Waals surface area contributed by atoms with Crippen molar-refractivity contribution in [1.82, 2.24) is 25.2 Å². The Bertz CT molecular complexity index is 1080. The van der Waals surface area contributed by atoms with Gasteiger partial charge in [0.05, 0.1) is 7.11 Å². The average Bonchev–Trinajstić information content (AvgIpc) is 3.09. The van der Waals surface area contributed by atoms with E-state index in [9.17, 15) is 9.59 Å². The van der Waals surface area contributed by atoms with E-state index < -0.39 is 6.03 Å². The molecule has 2 aromatic heterocycles. The average molecular weight is 410 g/mol. The number of aryl methyl sites for hydroxylation is 2. The fraction of sp³-hybridized carbons (Fsp3) is 0.333. The Balaban J connectivity index is 2.14. The van der Waals surface area contributed by atoms with Crippen LogP contribution in [0.5, 0.6) is 5.75 Å². The van der Waals surface area contributed by atoms with Gasteiger partial charge in [0.15, 0.2) is 5.65 Å². The molecule has 0 aliphatic carbocycles. The van der Waals surface area contributed by atoms with E-state index in [4.69, 9.17) is 4.74 Å². The summed E-state index contributed by atoms with van der Waals surface area (Å²) >= 11 is 0. The smallest absolute Gasteiger partial charge is 0.321 e. The van der Waals surface area contributed by atoms with E-state index in [1.165, 1.54) is 4.52 Å². The molecule has 0 aliphatic heterocycles. The van der Waals surface area contributed by atoms with E-state index in [1.807, 2.05) is 45.9 Å². The van der Waals surface area contributed by atoms with Gasteiger partial charge in [0, 0.05) is 13.1 Å². The highest BCUT2D eigenvalue weighted by Crippen LogP contribution is 2.31. The molecule has 9 heteroatoms. The minimum absolute atomic E-state index is 0.116. The quantitative estimate of drug-likeness (QED) is 0.579. The maximum absolute atomic E-state index is 12.7. The number of nitrogens with one attached hydrogen (secondary N) is 3. The van der Waals surface area contributed by atoms with Crippen molar-refractivity contribution in [2.45, 2.75) is 27.7 Å². The second-order valence-electron chi connectivity index (χ2n) is 6.82. The molecule has 0 spiro atoms. The number of pyridine rings is 1. The van der Waals surface area contributed by atoms with E-state index in [2.05, 4.69) is 26.0 Å². The Morgan fingerprint density at radius 1 is 1.00 bits per heavy atom. The first kappa shape index (κ1) is 21.1. The lowest BCUT2D eigenvalue weighted by Crippen LogP contribution is -2.28. The molecule has 0 aliphatic rings. The second-order valence-corrected chi connectivity index (χ2v) is 6.82. The van der Waals surface area contributed by atoms with E-state index >= 15 is 0 Å². The van der Waals surface area contributed by atoms with Crippen molar-refractivity contribution >= 4 is 23.5 Å². The van der Waals surface area contributed by atoms with Gasteiger partial charge in [-0.3, -0.25) is 10.1 Å². The fourth-order valence-electron chi connectivity index (χ4n) is 3.36. The molecule has 3 N–H and O–H groups in total. The number of methoxy groups -OCH3 is 1. The number of amides is 3. The molecular weight excluding hydrogens is 384 g/mol. The summed E-state index contributed by atoms with van der Waals surface area (Å²) < 4.78 is 6.88. The first-order valence-electron chi connectivity index (χ1n) is 9.77. The number of aromatic nitrogens is 3. The molecule has 9 nitrogen and oxygen atoms in total. The van der Waals surface area contributed by atoms with Gasteiger partial charge < -0.3 is 15.4 Å². The summed E-state index contributed by atoms with van der Waals surface area (Å²) in [6.45, 7) is 8.56. The van der Waals surface area contributed by atoms with Gasteiger partial charge in [-0.15, -0.1) is 5.10 Å². The molecule has 0 atom stereocenters. The monoisotopic (exact) mass is 410 g/mol. The number of hydrogen-bond donors (Lipinski definition) is 3. The number of benzene rings is 1. The Morgan fingerprint density at radius 3 is 2.23 bits per heavy atom. The Hall–Kier alpha value is -3.62. The van der Waals surface area contributed by atoms with Crippen LogP contribution in [0.2, 0.25) is 0 Å². The lowest BCUT2D eigenvalue weighted by Gasteiger charge is -2.13. The molecule has 1 aromatic carbocycles. The Labute approximate surface area is 174 Å². The van der Waals surface area contributed by atoms with Gasteiger partial charge in [-0.1, -0.05) is 0 Å². The molecule has 3 amide bonds. The van der Waals surface area contributed by atoms with E-state index in [-0.39, 0.29) is 11.9 Å². The number of nitrogens with zero attached hydrogens (tertiary/aromatic N) is 3. The fourth-order valence-corrected chi connectivity index (χ4v) is 3.36. The third-order valence-electron chi connectivity index (χ3n) is 4.57. The number of carbonyl (C=O) groups excluding carboxylic acids is 2. The van der Waals surface area contributed by atoms with E-state index in [0.717, 1.165) is 28.0 Å². The highest BCUT2D eigenvalue weighted by atomic mass is 16.5. The van der Waals surface area contributed by atoms with Crippen molar-refractivity contribution in [2.75, 3.05) is 25.5 Å². The van der Waals surface area contributed by atoms with E-state index in [1.54, 1.807) is 13.2 Å². The normalized spacial score (nSPS) is 10.7. The molecule has 0 bridgehead atoms. The van der Waals surface area contributed by atoms with Crippen LogP contribution in [-0.2, 0) is 0 Å². The highest BCUT2D eigenvalue weighted by molar-refractivity contribution is 5.95. The van der Waals surface area contributed by atoms with Gasteiger partial charge in [0.1, 0.15) is 11.4 Å². The predicted octanol–water partition coefficient (Wildman–Crippen LogP) is 2.91. The Kier molecular flexibility index (Phi) is 6.20. The molecule has 0 saturated heterocycles. The molecule has 3 rings (SSSR count). The third kappa shape index (κ3) is 4.19. The summed E-state index contributed by atoms with van der Waals surface area (Å²) in [5.74, 6) is 0.672. The predicted molar refractivity (Wildman–Crippen MR) is 115 cm³/mol. The van der Waals surface area contributed by atoms with Crippen LogP contribution >= 0.6 is 0 Å². The van der Waals surface area contributed by atoms with Crippen LogP contribution in [0.4, 0.5) is 10.7 Å². The first-order valence-corrected chi connectivity index (χ1v) is 9.77. The van der Waals surface area contributed by atoms with E-state index in [0.29, 0.717) is 24.4 Å². The van der Waals surface area contributed by atoms with Crippen molar-refractivity contribution < 1.29 is 14.3 Å². The zero-order valence-electron chi connectivity index (χ0n) is 17.8. The number of ether oxygens (including phenoxy) is 1. The largest absolute Gasteiger partial charge is 0.496 e. The van der Waals surface area contributed by atoms with Gasteiger partial charge >= 0.3 is 6.03 Å². The van der Waals surface area contributed by atoms with Gasteiger partial charge in [-0.05, 0) is 74.2 Å². The molecular formula is C21H26N6O3. The molecule has 2 heterocycles. The summed E-state index contributed by atoms with van der Waals surface area (Å²) in [6, 6.07) is 7.20. The maximum Gasteiger partial charge on any atom is 0.321 e. The topological polar surface area (TPSA) is 110 Å². The van der Waals surface area contributed by atoms with Crippen LogP contribution in [0.1, 0.15) is 35.5 Å². The van der Waals surface area contributed by atoms with Crippen LogP contribution in [0.3, 0.4) is 0 Å². The molecule has 3 aromatic rings. The van der Waals surface area contributed by atoms with Crippen molar-refractivity contribution in [3.63, 3.8) is 0 Å². The number of carbonyl (C=O) groups is 2. The maximum atomic E-state index is 12.7. The summed E-state index contributed by atoms with van der Waals surface area (Å²) in [5, 5.41) is 12.3. The number of anilines is 1. The second kappa shape index (κ2) is 8.81. The summed E-state index contributed by atoms with van der Waals surface area (Å²) in [5.41, 5.74) is 4.51. The molecule has 0 saturated carbocycles. The first-order chi connectivity index (χ1) is 14.4. The number of fused-ring (bicyclic) bond motifs is 1. The third-order valence-corrected chi connectivity index (χ3v) is 4.57. The molecule has 158 valence electrons. The Morgan fingerprint density at radius 2 is 1.63 bits per heavy atom. The number of rotatable bonds is 6. The minimum atomic E-state index is -0.408. The van der Waals surface area contributed by atoms with Crippen molar-refractivity contribution in [1.29, 1.82) is 0 Å². The molecule has 0 fully saturated rings. The van der Waals surface area contributed by atoms with Crippen LogP contribution in [0.25, 0.3) is 16.8 Å². The lowest BCUT2D eigenvalue weighted by atomic mass is 9.99. The summed E-state index contributed by atoms with van der Waals surface area (Å²) in [4.78, 5) is 28.9. The van der Waals surface area contributed by atoms with Crippen LogP contribution < -0.4 is 20.7 Å². The van der Waals surface area contributed by atoms with Crippen LogP contribution in [0.15, 0.2) is 24.3 Å². The van der Waals surface area contributed by atoms with Crippen LogP contribution in [-0.4, -0.2) is 46.7 Å².